The molecule has 1 saturated heterocycles. The molecule has 2 N–H and O–H groups in total. The highest BCUT2D eigenvalue weighted by molar-refractivity contribution is 6.04. The average Bonchev–Trinajstić information content (AvgIpc) is 2.58. The zero-order valence-corrected chi connectivity index (χ0v) is 6.94. The Balaban J connectivity index is 2.32. The smallest absolute Gasteiger partial charge is 0.322 e. The maximum Gasteiger partial charge on any atom is 0.322 e. The van der Waals surface area contributed by atoms with Crippen molar-refractivity contribution in [2.75, 3.05) is 0 Å². The van der Waals surface area contributed by atoms with Crippen LogP contribution in [0.1, 0.15) is 11.7 Å². The maximum atomic E-state index is 11.2. The number of aromatic nitrogens is 2. The molecule has 6 heteroatoms. The van der Waals surface area contributed by atoms with Crippen molar-refractivity contribution >= 4 is 11.9 Å². The Morgan fingerprint density at radius 3 is 2.77 bits per heavy atom. The van der Waals surface area contributed by atoms with E-state index in [0.717, 1.165) is 0 Å². The number of amides is 3. The SMILES string of the molecule is Cn1cncc1C1NC(=O)NC1=O. The molecule has 13 heavy (non-hydrogen) atoms. The molecule has 68 valence electrons. The Kier molecular flexibility index (Phi) is 1.54. The van der Waals surface area contributed by atoms with Gasteiger partial charge >= 0.3 is 6.03 Å². The van der Waals surface area contributed by atoms with Gasteiger partial charge in [-0.3, -0.25) is 10.1 Å². The lowest BCUT2D eigenvalue weighted by molar-refractivity contribution is -0.120. The highest BCUT2D eigenvalue weighted by Gasteiger charge is 2.32. The van der Waals surface area contributed by atoms with Crippen LogP contribution in [0, 0.1) is 0 Å². The van der Waals surface area contributed by atoms with Gasteiger partial charge in [-0.15, -0.1) is 0 Å². The summed E-state index contributed by atoms with van der Waals surface area (Å²) < 4.78 is 1.69. The van der Waals surface area contributed by atoms with Gasteiger partial charge in [0, 0.05) is 7.05 Å². The Hall–Kier alpha value is -1.85. The van der Waals surface area contributed by atoms with Crippen LogP contribution in [-0.4, -0.2) is 21.5 Å². The molecular weight excluding hydrogens is 172 g/mol. The van der Waals surface area contributed by atoms with Gasteiger partial charge in [0.05, 0.1) is 18.2 Å². The zero-order chi connectivity index (χ0) is 9.42. The van der Waals surface area contributed by atoms with Gasteiger partial charge in [-0.2, -0.15) is 0 Å². The Morgan fingerprint density at radius 1 is 1.54 bits per heavy atom. The zero-order valence-electron chi connectivity index (χ0n) is 6.94. The van der Waals surface area contributed by atoms with E-state index < -0.39 is 12.1 Å². The normalized spacial score (nSPS) is 21.5. The van der Waals surface area contributed by atoms with Crippen LogP contribution in [0.5, 0.6) is 0 Å². The first kappa shape index (κ1) is 7.78. The molecule has 2 rings (SSSR count). The monoisotopic (exact) mass is 180 g/mol. The minimum Gasteiger partial charge on any atom is -0.335 e. The molecule has 0 bridgehead atoms. The average molecular weight is 180 g/mol. The van der Waals surface area contributed by atoms with E-state index in [2.05, 4.69) is 15.6 Å². The van der Waals surface area contributed by atoms with Gasteiger partial charge < -0.3 is 9.88 Å². The van der Waals surface area contributed by atoms with Crippen LogP contribution in [0.25, 0.3) is 0 Å². The predicted molar refractivity (Wildman–Crippen MR) is 42.6 cm³/mol. The Labute approximate surface area is 73.9 Å². The third-order valence-corrected chi connectivity index (χ3v) is 1.92. The van der Waals surface area contributed by atoms with Crippen LogP contribution >= 0.6 is 0 Å². The first-order valence-electron chi connectivity index (χ1n) is 3.76. The first-order valence-corrected chi connectivity index (χ1v) is 3.76. The summed E-state index contributed by atoms with van der Waals surface area (Å²) in [5.41, 5.74) is 0.670. The van der Waals surface area contributed by atoms with Crippen molar-refractivity contribution in [1.29, 1.82) is 0 Å². The van der Waals surface area contributed by atoms with Crippen LogP contribution in [0.15, 0.2) is 12.5 Å². The number of rotatable bonds is 1. The van der Waals surface area contributed by atoms with Gasteiger partial charge in [0.1, 0.15) is 0 Å². The fourth-order valence-corrected chi connectivity index (χ4v) is 1.27. The molecule has 1 unspecified atom stereocenters. The van der Waals surface area contributed by atoms with Gasteiger partial charge in [0.2, 0.25) is 0 Å². The highest BCUT2D eigenvalue weighted by Crippen LogP contribution is 2.14. The summed E-state index contributed by atoms with van der Waals surface area (Å²) in [6.07, 6.45) is 3.13. The summed E-state index contributed by atoms with van der Waals surface area (Å²) in [6, 6.07) is -1.07. The molecule has 0 spiro atoms. The number of urea groups is 1. The second-order valence-corrected chi connectivity index (χ2v) is 2.83. The van der Waals surface area contributed by atoms with Crippen LogP contribution in [0.4, 0.5) is 4.79 Å². The third-order valence-electron chi connectivity index (χ3n) is 1.92. The minimum atomic E-state index is -0.611. The first-order chi connectivity index (χ1) is 6.18. The summed E-state index contributed by atoms with van der Waals surface area (Å²) in [5, 5.41) is 4.64. The van der Waals surface area contributed by atoms with Crippen molar-refractivity contribution < 1.29 is 9.59 Å². The van der Waals surface area contributed by atoms with Crippen LogP contribution in [0.2, 0.25) is 0 Å². The molecule has 0 aromatic carbocycles. The quantitative estimate of drug-likeness (QED) is 0.561. The van der Waals surface area contributed by atoms with Crippen molar-refractivity contribution in [2.45, 2.75) is 6.04 Å². The van der Waals surface area contributed by atoms with E-state index in [1.54, 1.807) is 24.1 Å². The van der Waals surface area contributed by atoms with Crippen molar-refractivity contribution in [2.24, 2.45) is 7.05 Å². The van der Waals surface area contributed by atoms with Gasteiger partial charge in [-0.25, -0.2) is 9.78 Å². The lowest BCUT2D eigenvalue weighted by Crippen LogP contribution is -2.22. The number of carbonyl (C=O) groups is 2. The second-order valence-electron chi connectivity index (χ2n) is 2.83. The summed E-state index contributed by atoms with van der Waals surface area (Å²) in [4.78, 5) is 25.9. The fourth-order valence-electron chi connectivity index (χ4n) is 1.27. The van der Waals surface area contributed by atoms with E-state index in [1.807, 2.05) is 0 Å². The minimum absolute atomic E-state index is 0.339. The molecule has 1 atom stereocenters. The van der Waals surface area contributed by atoms with Gasteiger partial charge in [-0.1, -0.05) is 0 Å². The third kappa shape index (κ3) is 1.16. The number of aryl methyl sites for hydroxylation is 1. The highest BCUT2D eigenvalue weighted by atomic mass is 16.2. The molecule has 3 amide bonds. The fraction of sp³-hybridized carbons (Fsp3) is 0.286. The lowest BCUT2D eigenvalue weighted by Gasteiger charge is -2.06. The number of imide groups is 1. The molecule has 1 fully saturated rings. The van der Waals surface area contributed by atoms with E-state index >= 15 is 0 Å². The van der Waals surface area contributed by atoms with E-state index in [4.69, 9.17) is 0 Å². The number of hydrogen-bond acceptors (Lipinski definition) is 3. The molecule has 2 heterocycles. The Bertz CT molecular complexity index is 370. The molecule has 1 aliphatic heterocycles. The molecule has 0 saturated carbocycles. The summed E-state index contributed by atoms with van der Waals surface area (Å²) in [6.45, 7) is 0. The number of nitrogens with zero attached hydrogens (tertiary/aromatic N) is 2. The second kappa shape index (κ2) is 2.58. The molecular formula is C7H8N4O2. The van der Waals surface area contributed by atoms with Crippen molar-refractivity contribution in [3.8, 4) is 0 Å². The largest absolute Gasteiger partial charge is 0.335 e. The van der Waals surface area contributed by atoms with Gasteiger partial charge in [0.15, 0.2) is 6.04 Å². The number of imidazole rings is 1. The van der Waals surface area contributed by atoms with Gasteiger partial charge in [-0.05, 0) is 0 Å². The van der Waals surface area contributed by atoms with E-state index in [-0.39, 0.29) is 5.91 Å². The Morgan fingerprint density at radius 2 is 2.31 bits per heavy atom. The van der Waals surface area contributed by atoms with Gasteiger partial charge in [0.25, 0.3) is 5.91 Å². The summed E-state index contributed by atoms with van der Waals surface area (Å²) in [7, 11) is 1.76. The summed E-state index contributed by atoms with van der Waals surface area (Å²) >= 11 is 0. The van der Waals surface area contributed by atoms with Crippen molar-refractivity contribution in [3.63, 3.8) is 0 Å². The molecule has 1 aliphatic rings. The van der Waals surface area contributed by atoms with E-state index in [1.165, 1.54) is 0 Å². The number of hydrogen-bond donors (Lipinski definition) is 2. The van der Waals surface area contributed by atoms with Crippen molar-refractivity contribution in [3.05, 3.63) is 18.2 Å². The number of nitrogens with one attached hydrogen (secondary N) is 2. The predicted octanol–water partition coefficient (Wildman–Crippen LogP) is -0.699. The summed E-state index contributed by atoms with van der Waals surface area (Å²) in [5.74, 6) is -0.339. The number of carbonyl (C=O) groups excluding carboxylic acids is 2. The lowest BCUT2D eigenvalue weighted by atomic mass is 10.2. The maximum absolute atomic E-state index is 11.2. The molecule has 0 aliphatic carbocycles. The molecule has 0 radical (unpaired) electrons. The van der Waals surface area contributed by atoms with Crippen LogP contribution in [-0.2, 0) is 11.8 Å². The molecule has 1 aromatic heterocycles. The van der Waals surface area contributed by atoms with Crippen LogP contribution in [0.3, 0.4) is 0 Å². The molecule has 6 nitrogen and oxygen atoms in total. The molecule has 1 aromatic rings. The van der Waals surface area contributed by atoms with E-state index in [0.29, 0.717) is 5.69 Å². The topological polar surface area (TPSA) is 76.0 Å². The van der Waals surface area contributed by atoms with E-state index in [9.17, 15) is 9.59 Å². The standard InChI is InChI=1S/C7H8N4O2/c1-11-3-8-2-4(11)5-6(12)10-7(13)9-5/h2-3,5H,1H3,(H2,9,10,12,13). The van der Waals surface area contributed by atoms with Crippen LogP contribution < -0.4 is 10.6 Å². The van der Waals surface area contributed by atoms with Crippen molar-refractivity contribution in [1.82, 2.24) is 20.2 Å².